The van der Waals surface area contributed by atoms with Crippen LogP contribution in [0.25, 0.3) is 11.3 Å². The molecule has 0 aromatic carbocycles. The summed E-state index contributed by atoms with van der Waals surface area (Å²) in [5, 5.41) is 10.1. The van der Waals surface area contributed by atoms with Crippen LogP contribution in [0.3, 0.4) is 0 Å². The lowest BCUT2D eigenvalue weighted by Gasteiger charge is -2.41. The summed E-state index contributed by atoms with van der Waals surface area (Å²) in [5.41, 5.74) is 6.99. The molecular weight excluding hydrogens is 426 g/mol. The van der Waals surface area contributed by atoms with E-state index < -0.39 is 6.10 Å². The van der Waals surface area contributed by atoms with Gasteiger partial charge in [0.2, 0.25) is 17.8 Å². The molecule has 2 aromatic rings. The number of carbonyl (C=O) groups is 1. The Morgan fingerprint density at radius 2 is 1.94 bits per heavy atom. The van der Waals surface area contributed by atoms with Gasteiger partial charge in [-0.25, -0.2) is 15.0 Å². The molecule has 0 bridgehead atoms. The van der Waals surface area contributed by atoms with E-state index in [1.165, 1.54) is 0 Å². The molecule has 2 aromatic heterocycles. The number of amides is 1. The second-order valence-corrected chi connectivity index (χ2v) is 8.92. The van der Waals surface area contributed by atoms with Gasteiger partial charge in [-0.05, 0) is 18.8 Å². The fraction of sp³-hybridized carbons (Fsp3) is 0.591. The molecule has 0 unspecified atom stereocenters. The van der Waals surface area contributed by atoms with Gasteiger partial charge in [0.25, 0.3) is 5.91 Å². The summed E-state index contributed by atoms with van der Waals surface area (Å²) in [4.78, 5) is 33.6. The molecule has 1 saturated heterocycles. The molecule has 1 amide bonds. The Morgan fingerprint density at radius 3 is 2.61 bits per heavy atom. The van der Waals surface area contributed by atoms with Gasteiger partial charge in [0.15, 0.2) is 0 Å². The van der Waals surface area contributed by atoms with E-state index in [-0.39, 0.29) is 29.9 Å². The number of nitrogens with zero attached hydrogens (tertiary/aromatic N) is 6. The minimum absolute atomic E-state index is 0.0569. The van der Waals surface area contributed by atoms with E-state index in [9.17, 15) is 9.90 Å². The maximum absolute atomic E-state index is 12.4. The number of aliphatic hydroxyl groups is 1. The van der Waals surface area contributed by atoms with Crippen LogP contribution in [0.15, 0.2) is 18.5 Å². The maximum Gasteiger partial charge on any atom is 0.251 e. The van der Waals surface area contributed by atoms with Crippen molar-refractivity contribution in [2.45, 2.75) is 43.9 Å². The molecule has 3 fully saturated rings. The van der Waals surface area contributed by atoms with E-state index in [2.05, 4.69) is 19.9 Å². The number of carbonyl (C=O) groups excluding carboxylic acids is 1. The Bertz CT molecular complexity index is 989. The normalized spacial score (nSPS) is 23.5. The van der Waals surface area contributed by atoms with Crippen molar-refractivity contribution < 1.29 is 19.4 Å². The summed E-state index contributed by atoms with van der Waals surface area (Å²) in [7, 11) is 1.76. The largest absolute Gasteiger partial charge is 0.474 e. The van der Waals surface area contributed by atoms with Gasteiger partial charge >= 0.3 is 0 Å². The molecule has 0 spiro atoms. The average molecular weight is 456 g/mol. The number of nitrogen functional groups attached to an aromatic ring is 1. The van der Waals surface area contributed by atoms with Crippen LogP contribution < -0.4 is 15.4 Å². The van der Waals surface area contributed by atoms with E-state index in [1.807, 2.05) is 0 Å². The summed E-state index contributed by atoms with van der Waals surface area (Å²) < 4.78 is 11.6. The fourth-order valence-corrected chi connectivity index (χ4v) is 4.12. The minimum atomic E-state index is -0.877. The first kappa shape index (κ1) is 21.8. The summed E-state index contributed by atoms with van der Waals surface area (Å²) >= 11 is 0. The van der Waals surface area contributed by atoms with Crippen molar-refractivity contribution in [1.82, 2.24) is 24.8 Å². The number of nitrogens with two attached hydrogens (primary N) is 1. The zero-order valence-electron chi connectivity index (χ0n) is 18.6. The Hall–Kier alpha value is -3.05. The lowest BCUT2D eigenvalue weighted by molar-refractivity contribution is -0.145. The summed E-state index contributed by atoms with van der Waals surface area (Å²) in [6, 6.07) is 1.83. The van der Waals surface area contributed by atoms with Gasteiger partial charge in [-0.2, -0.15) is 4.98 Å². The van der Waals surface area contributed by atoms with Crippen molar-refractivity contribution in [3.63, 3.8) is 0 Å². The number of morpholine rings is 1. The number of hydrogen-bond donors (Lipinski definition) is 2. The highest BCUT2D eigenvalue weighted by Gasteiger charge is 2.41. The van der Waals surface area contributed by atoms with E-state index in [0.29, 0.717) is 56.7 Å². The number of likely N-dealkylation sites (N-methyl/N-ethyl adjacent to an activating group) is 1. The third kappa shape index (κ3) is 4.83. The van der Waals surface area contributed by atoms with Gasteiger partial charge in [-0.1, -0.05) is 0 Å². The first-order chi connectivity index (χ1) is 16.0. The van der Waals surface area contributed by atoms with Gasteiger partial charge < -0.3 is 30.1 Å². The van der Waals surface area contributed by atoms with Gasteiger partial charge in [0.1, 0.15) is 12.2 Å². The molecule has 2 aliphatic carbocycles. The van der Waals surface area contributed by atoms with E-state index in [1.54, 1.807) is 30.4 Å². The smallest absolute Gasteiger partial charge is 0.251 e. The number of ether oxygens (including phenoxy) is 2. The highest BCUT2D eigenvalue weighted by Crippen LogP contribution is 2.35. The molecule has 1 atom stereocenters. The number of aromatic nitrogens is 4. The molecule has 176 valence electrons. The molecule has 33 heavy (non-hydrogen) atoms. The van der Waals surface area contributed by atoms with Crippen molar-refractivity contribution >= 4 is 17.8 Å². The van der Waals surface area contributed by atoms with Crippen LogP contribution in [0, 0.1) is 5.92 Å². The fourth-order valence-electron chi connectivity index (χ4n) is 4.12. The average Bonchev–Trinajstić information content (AvgIpc) is 3.66. The third-order valence-electron chi connectivity index (χ3n) is 6.53. The third-order valence-corrected chi connectivity index (χ3v) is 6.53. The second kappa shape index (κ2) is 9.06. The van der Waals surface area contributed by atoms with Crippen molar-refractivity contribution in [2.24, 2.45) is 5.92 Å². The molecule has 1 aliphatic heterocycles. The Morgan fingerprint density at radius 1 is 1.24 bits per heavy atom. The van der Waals surface area contributed by atoms with Crippen molar-refractivity contribution in [3.8, 4) is 17.1 Å². The summed E-state index contributed by atoms with van der Waals surface area (Å²) in [5.74, 6) is 1.17. The lowest BCUT2D eigenvalue weighted by atomic mass is 9.87. The monoisotopic (exact) mass is 455 g/mol. The zero-order chi connectivity index (χ0) is 22.9. The van der Waals surface area contributed by atoms with Gasteiger partial charge in [-0.3, -0.25) is 4.79 Å². The number of rotatable bonds is 7. The van der Waals surface area contributed by atoms with Gasteiger partial charge in [-0.15, -0.1) is 0 Å². The van der Waals surface area contributed by atoms with Crippen molar-refractivity contribution in [3.05, 3.63) is 18.5 Å². The molecule has 3 aliphatic rings. The second-order valence-electron chi connectivity index (χ2n) is 8.92. The summed E-state index contributed by atoms with van der Waals surface area (Å²) in [6.45, 7) is 2.63. The molecule has 11 heteroatoms. The Labute approximate surface area is 192 Å². The maximum atomic E-state index is 12.4. The highest BCUT2D eigenvalue weighted by molar-refractivity contribution is 5.81. The molecule has 2 saturated carbocycles. The predicted molar refractivity (Wildman–Crippen MR) is 119 cm³/mol. The van der Waals surface area contributed by atoms with Crippen LogP contribution in [0.4, 0.5) is 11.9 Å². The summed E-state index contributed by atoms with van der Waals surface area (Å²) in [6.07, 6.45) is 5.55. The topological polar surface area (TPSA) is 140 Å². The van der Waals surface area contributed by atoms with Gasteiger partial charge in [0.05, 0.1) is 18.9 Å². The van der Waals surface area contributed by atoms with Gasteiger partial charge in [0, 0.05) is 63.0 Å². The molecular formula is C22H29N7O4. The van der Waals surface area contributed by atoms with Crippen molar-refractivity contribution in [2.75, 3.05) is 44.0 Å². The van der Waals surface area contributed by atoms with Crippen LogP contribution in [0.5, 0.6) is 5.88 Å². The Kier molecular flexibility index (Phi) is 5.98. The van der Waals surface area contributed by atoms with Crippen LogP contribution >= 0.6 is 0 Å². The van der Waals surface area contributed by atoms with Crippen LogP contribution in [-0.2, 0) is 9.53 Å². The highest BCUT2D eigenvalue weighted by atomic mass is 16.5. The lowest BCUT2D eigenvalue weighted by Crippen LogP contribution is -2.52. The van der Waals surface area contributed by atoms with E-state index in [0.717, 1.165) is 18.4 Å². The Balaban J connectivity index is 1.28. The van der Waals surface area contributed by atoms with E-state index >= 15 is 0 Å². The zero-order valence-corrected chi connectivity index (χ0v) is 18.6. The number of hydrogen-bond acceptors (Lipinski definition) is 10. The standard InChI is InChI=1S/C22H29N7O4/c1-28(20(31)19(30)13-2-3-13)15-8-16(9-15)33-18-10-17(14-11-24-21(23)25-12-14)26-22(27-18)29-4-6-32-7-5-29/h10-13,15-16,19,30H,2-9H2,1H3,(H2,23,24,25)/t15-,16-,19-/m1/s1. The first-order valence-electron chi connectivity index (χ1n) is 11.4. The minimum Gasteiger partial charge on any atom is -0.474 e. The molecule has 11 nitrogen and oxygen atoms in total. The first-order valence-corrected chi connectivity index (χ1v) is 11.4. The molecule has 3 N–H and O–H groups in total. The molecule has 0 radical (unpaired) electrons. The predicted octanol–water partition coefficient (Wildman–Crippen LogP) is 0.492. The quantitative estimate of drug-likeness (QED) is 0.606. The number of anilines is 2. The molecule has 5 rings (SSSR count). The van der Waals surface area contributed by atoms with Crippen LogP contribution in [0.1, 0.15) is 25.7 Å². The van der Waals surface area contributed by atoms with Crippen LogP contribution in [-0.4, -0.2) is 87.5 Å². The SMILES string of the molecule is CN(C(=O)[C@H](O)C1CC1)[C@H]1C[C@H](Oc2cc(-c3cnc(N)nc3)nc(N3CCOCC3)n2)C1. The molecule has 3 heterocycles. The van der Waals surface area contributed by atoms with Crippen molar-refractivity contribution in [1.29, 1.82) is 0 Å². The van der Waals surface area contributed by atoms with Crippen LogP contribution in [0.2, 0.25) is 0 Å². The van der Waals surface area contributed by atoms with E-state index in [4.69, 9.17) is 20.2 Å². The number of aliphatic hydroxyl groups excluding tert-OH is 1.